The highest BCUT2D eigenvalue weighted by atomic mass is 32.2. The van der Waals surface area contributed by atoms with Gasteiger partial charge in [-0.25, -0.2) is 8.42 Å². The van der Waals surface area contributed by atoms with Gasteiger partial charge >= 0.3 is 0 Å². The molecule has 4 aliphatic rings. The van der Waals surface area contributed by atoms with E-state index in [4.69, 9.17) is 4.74 Å². The molecule has 4 fully saturated rings. The maximum Gasteiger partial charge on any atom is 0.211 e. The lowest BCUT2D eigenvalue weighted by Gasteiger charge is -2.64. The van der Waals surface area contributed by atoms with Crippen molar-refractivity contribution in [1.82, 2.24) is 14.1 Å². The van der Waals surface area contributed by atoms with Gasteiger partial charge in [-0.3, -0.25) is 9.80 Å². The van der Waals surface area contributed by atoms with E-state index in [9.17, 15) is 8.42 Å². The Morgan fingerprint density at radius 2 is 1.78 bits per heavy atom. The summed E-state index contributed by atoms with van der Waals surface area (Å²) < 4.78 is 31.6. The van der Waals surface area contributed by atoms with Gasteiger partial charge in [0, 0.05) is 44.8 Å². The third-order valence-corrected chi connectivity index (χ3v) is 7.49. The summed E-state index contributed by atoms with van der Waals surface area (Å²) in [5.74, 6) is 0. The first-order chi connectivity index (χ1) is 11.0. The Balaban J connectivity index is 1.51. The van der Waals surface area contributed by atoms with E-state index in [0.717, 1.165) is 32.3 Å². The van der Waals surface area contributed by atoms with Crippen molar-refractivity contribution in [1.29, 1.82) is 0 Å². The van der Waals surface area contributed by atoms with Crippen LogP contribution in [0.3, 0.4) is 0 Å². The van der Waals surface area contributed by atoms with Gasteiger partial charge in [0.1, 0.15) is 0 Å². The quantitative estimate of drug-likeness (QED) is 0.724. The number of piperazine rings is 1. The maximum atomic E-state index is 12.1. The Labute approximate surface area is 139 Å². The fourth-order valence-electron chi connectivity index (χ4n) is 5.10. The molecular formula is C16H29N3O3S. The molecule has 23 heavy (non-hydrogen) atoms. The SMILES string of the molecule is CS(=O)(=O)N1CC2COCCN2C2(CN(C3CCCCC3)C2)C1. The summed E-state index contributed by atoms with van der Waals surface area (Å²) in [5, 5.41) is 0. The fraction of sp³-hybridized carbons (Fsp3) is 1.00. The molecule has 0 aromatic heterocycles. The monoisotopic (exact) mass is 343 g/mol. The molecule has 1 saturated carbocycles. The molecule has 0 aromatic rings. The lowest BCUT2D eigenvalue weighted by Crippen LogP contribution is -2.81. The topological polar surface area (TPSA) is 53.1 Å². The first-order valence-corrected chi connectivity index (χ1v) is 10.9. The van der Waals surface area contributed by atoms with Crippen LogP contribution < -0.4 is 0 Å². The number of hydrogen-bond donors (Lipinski definition) is 0. The predicted octanol–water partition coefficient (Wildman–Crippen LogP) is 0.350. The van der Waals surface area contributed by atoms with Crippen LogP contribution in [0.25, 0.3) is 0 Å². The number of ether oxygens (including phenoxy) is 1. The maximum absolute atomic E-state index is 12.1. The van der Waals surface area contributed by atoms with Crippen molar-refractivity contribution in [3.63, 3.8) is 0 Å². The van der Waals surface area contributed by atoms with Gasteiger partial charge in [-0.05, 0) is 12.8 Å². The highest BCUT2D eigenvalue weighted by Gasteiger charge is 2.56. The van der Waals surface area contributed by atoms with Gasteiger partial charge in [0.05, 0.1) is 25.0 Å². The predicted molar refractivity (Wildman–Crippen MR) is 88.9 cm³/mol. The standard InChI is InChI=1S/C16H29N3O3S/c1-23(20,21)18-9-15-10-22-8-7-19(15)16(13-18)11-17(12-16)14-5-3-2-4-6-14/h14-15H,2-13H2,1H3. The molecule has 132 valence electrons. The van der Waals surface area contributed by atoms with E-state index >= 15 is 0 Å². The average Bonchev–Trinajstić information content (AvgIpc) is 2.51. The zero-order chi connectivity index (χ0) is 16.1. The number of sulfonamides is 1. The summed E-state index contributed by atoms with van der Waals surface area (Å²) in [6, 6.07) is 0.947. The number of likely N-dealkylation sites (tertiary alicyclic amines) is 1. The van der Waals surface area contributed by atoms with Crippen LogP contribution in [0.2, 0.25) is 0 Å². The van der Waals surface area contributed by atoms with Crippen LogP contribution in [0, 0.1) is 0 Å². The second-order valence-electron chi connectivity index (χ2n) is 7.90. The number of rotatable bonds is 2. The third-order valence-electron chi connectivity index (χ3n) is 6.28. The van der Waals surface area contributed by atoms with Gasteiger partial charge in [0.2, 0.25) is 10.0 Å². The average molecular weight is 343 g/mol. The lowest BCUT2D eigenvalue weighted by atomic mass is 9.80. The number of morpholine rings is 1. The van der Waals surface area contributed by atoms with E-state index < -0.39 is 10.0 Å². The molecule has 0 bridgehead atoms. The van der Waals surface area contributed by atoms with Crippen LogP contribution >= 0.6 is 0 Å². The first kappa shape index (κ1) is 16.3. The van der Waals surface area contributed by atoms with E-state index in [1.807, 2.05) is 0 Å². The van der Waals surface area contributed by atoms with E-state index in [0.29, 0.717) is 19.7 Å². The Kier molecular flexibility index (Phi) is 4.21. The fourth-order valence-corrected chi connectivity index (χ4v) is 6.02. The summed E-state index contributed by atoms with van der Waals surface area (Å²) >= 11 is 0. The van der Waals surface area contributed by atoms with Crippen LogP contribution in [0.5, 0.6) is 0 Å². The number of hydrogen-bond acceptors (Lipinski definition) is 5. The largest absolute Gasteiger partial charge is 0.378 e. The smallest absolute Gasteiger partial charge is 0.211 e. The minimum Gasteiger partial charge on any atom is -0.378 e. The Bertz CT molecular complexity index is 541. The molecule has 3 saturated heterocycles. The summed E-state index contributed by atoms with van der Waals surface area (Å²) in [6.45, 7) is 5.69. The molecule has 1 atom stereocenters. The molecule has 3 aliphatic heterocycles. The van der Waals surface area contributed by atoms with E-state index in [1.165, 1.54) is 38.4 Å². The van der Waals surface area contributed by atoms with Gasteiger partial charge in [0.25, 0.3) is 0 Å². The van der Waals surface area contributed by atoms with Gasteiger partial charge < -0.3 is 4.74 Å². The van der Waals surface area contributed by atoms with Crippen LogP contribution in [0.4, 0.5) is 0 Å². The zero-order valence-electron chi connectivity index (χ0n) is 14.1. The summed E-state index contributed by atoms with van der Waals surface area (Å²) in [5.41, 5.74) is 0.0211. The molecular weight excluding hydrogens is 314 g/mol. The van der Waals surface area contributed by atoms with Crippen molar-refractivity contribution in [3.8, 4) is 0 Å². The van der Waals surface area contributed by atoms with Crippen molar-refractivity contribution in [3.05, 3.63) is 0 Å². The van der Waals surface area contributed by atoms with E-state index in [2.05, 4.69) is 9.80 Å². The van der Waals surface area contributed by atoms with E-state index in [-0.39, 0.29) is 11.6 Å². The van der Waals surface area contributed by atoms with Crippen molar-refractivity contribution < 1.29 is 13.2 Å². The van der Waals surface area contributed by atoms with Crippen LogP contribution in [-0.2, 0) is 14.8 Å². The minimum absolute atomic E-state index is 0.0211. The molecule has 0 N–H and O–H groups in total. The molecule has 1 spiro atoms. The number of nitrogens with zero attached hydrogens (tertiary/aromatic N) is 3. The Hall–Kier alpha value is -0.210. The highest BCUT2D eigenvalue weighted by molar-refractivity contribution is 7.88. The van der Waals surface area contributed by atoms with Gasteiger partial charge in [-0.15, -0.1) is 0 Å². The minimum atomic E-state index is -3.13. The molecule has 0 amide bonds. The second-order valence-corrected chi connectivity index (χ2v) is 9.88. The van der Waals surface area contributed by atoms with Crippen LogP contribution in [0.1, 0.15) is 32.1 Å². The van der Waals surface area contributed by atoms with Crippen molar-refractivity contribution >= 4 is 10.0 Å². The molecule has 3 heterocycles. The Morgan fingerprint density at radius 3 is 2.48 bits per heavy atom. The molecule has 0 aromatic carbocycles. The van der Waals surface area contributed by atoms with Crippen molar-refractivity contribution in [2.24, 2.45) is 0 Å². The molecule has 0 radical (unpaired) electrons. The summed E-state index contributed by atoms with van der Waals surface area (Å²) in [4.78, 5) is 5.18. The van der Waals surface area contributed by atoms with Gasteiger partial charge in [-0.2, -0.15) is 4.31 Å². The summed E-state index contributed by atoms with van der Waals surface area (Å²) in [6.07, 6.45) is 8.06. The van der Waals surface area contributed by atoms with Crippen LogP contribution in [0.15, 0.2) is 0 Å². The molecule has 6 nitrogen and oxygen atoms in total. The first-order valence-electron chi connectivity index (χ1n) is 9.02. The summed E-state index contributed by atoms with van der Waals surface area (Å²) in [7, 11) is -3.13. The molecule has 1 unspecified atom stereocenters. The van der Waals surface area contributed by atoms with Crippen molar-refractivity contribution in [2.75, 3.05) is 52.2 Å². The third kappa shape index (κ3) is 2.95. The lowest BCUT2D eigenvalue weighted by molar-refractivity contribution is -0.163. The number of fused-ring (bicyclic) bond motifs is 2. The van der Waals surface area contributed by atoms with Gasteiger partial charge in [0.15, 0.2) is 0 Å². The molecule has 7 heteroatoms. The second kappa shape index (κ2) is 5.95. The molecule has 1 aliphatic carbocycles. The van der Waals surface area contributed by atoms with Crippen molar-refractivity contribution in [2.45, 2.75) is 49.7 Å². The Morgan fingerprint density at radius 1 is 1.04 bits per heavy atom. The van der Waals surface area contributed by atoms with Gasteiger partial charge in [-0.1, -0.05) is 19.3 Å². The molecule has 4 rings (SSSR count). The zero-order valence-corrected chi connectivity index (χ0v) is 14.9. The van der Waals surface area contributed by atoms with Crippen LogP contribution in [-0.4, -0.2) is 92.3 Å². The van der Waals surface area contributed by atoms with E-state index in [1.54, 1.807) is 4.31 Å². The highest BCUT2D eigenvalue weighted by Crippen LogP contribution is 2.39. The normalized spacial score (nSPS) is 34.2.